The van der Waals surface area contributed by atoms with Crippen molar-refractivity contribution >= 4 is 5.96 Å². The summed E-state index contributed by atoms with van der Waals surface area (Å²) in [6, 6.07) is 0. The second kappa shape index (κ2) is 12.7. The summed E-state index contributed by atoms with van der Waals surface area (Å²) in [7, 11) is 0. The molecule has 0 aliphatic heterocycles. The van der Waals surface area contributed by atoms with Crippen LogP contribution < -0.4 is 10.6 Å². The Morgan fingerprint density at radius 3 is 2.28 bits per heavy atom. The van der Waals surface area contributed by atoms with Gasteiger partial charge in [-0.2, -0.15) is 0 Å². The van der Waals surface area contributed by atoms with Crippen molar-refractivity contribution in [2.45, 2.75) is 47.0 Å². The number of guanidine groups is 1. The number of nitrogens with zero attached hydrogens (tertiary/aromatic N) is 2. The molecule has 0 unspecified atom stereocenters. The molecule has 0 rings (SSSR count). The third-order valence-corrected chi connectivity index (χ3v) is 2.93. The van der Waals surface area contributed by atoms with E-state index in [1.54, 1.807) is 0 Å². The second-order valence-electron chi connectivity index (χ2n) is 4.42. The van der Waals surface area contributed by atoms with E-state index in [4.69, 9.17) is 0 Å². The molecule has 0 saturated carbocycles. The smallest absolute Gasteiger partial charge is 0.191 e. The van der Waals surface area contributed by atoms with E-state index in [1.807, 2.05) is 0 Å². The van der Waals surface area contributed by atoms with Gasteiger partial charge < -0.3 is 15.5 Å². The molecule has 4 nitrogen and oxygen atoms in total. The van der Waals surface area contributed by atoms with E-state index in [0.29, 0.717) is 0 Å². The van der Waals surface area contributed by atoms with E-state index >= 15 is 0 Å². The maximum absolute atomic E-state index is 4.48. The summed E-state index contributed by atoms with van der Waals surface area (Å²) in [6.45, 7) is 15.1. The van der Waals surface area contributed by atoms with Crippen LogP contribution in [0.25, 0.3) is 0 Å². The van der Waals surface area contributed by atoms with Gasteiger partial charge in [-0.15, -0.1) is 0 Å². The minimum Gasteiger partial charge on any atom is -0.357 e. The fourth-order valence-electron chi connectivity index (χ4n) is 1.77. The van der Waals surface area contributed by atoms with Crippen molar-refractivity contribution in [1.29, 1.82) is 0 Å². The summed E-state index contributed by atoms with van der Waals surface area (Å²) in [5.41, 5.74) is 0. The first-order valence-electron chi connectivity index (χ1n) is 7.52. The third kappa shape index (κ3) is 9.28. The number of hydrogen-bond donors (Lipinski definition) is 2. The van der Waals surface area contributed by atoms with E-state index in [1.165, 1.54) is 19.4 Å². The van der Waals surface area contributed by atoms with E-state index in [2.05, 4.69) is 48.2 Å². The summed E-state index contributed by atoms with van der Waals surface area (Å²) < 4.78 is 0. The van der Waals surface area contributed by atoms with Crippen molar-refractivity contribution in [2.75, 3.05) is 39.3 Å². The molecule has 0 radical (unpaired) electrons. The average molecular weight is 256 g/mol. The van der Waals surface area contributed by atoms with Crippen LogP contribution in [0.2, 0.25) is 0 Å². The first kappa shape index (κ1) is 17.2. The molecule has 0 spiro atoms. The van der Waals surface area contributed by atoms with Crippen LogP contribution in [0.15, 0.2) is 4.99 Å². The van der Waals surface area contributed by atoms with Crippen LogP contribution in [0.3, 0.4) is 0 Å². The minimum absolute atomic E-state index is 0.898. The summed E-state index contributed by atoms with van der Waals surface area (Å²) in [4.78, 5) is 6.95. The van der Waals surface area contributed by atoms with Gasteiger partial charge in [0.2, 0.25) is 0 Å². The van der Waals surface area contributed by atoms with Crippen LogP contribution >= 0.6 is 0 Å². The van der Waals surface area contributed by atoms with Gasteiger partial charge in [0.05, 0.1) is 0 Å². The summed E-state index contributed by atoms with van der Waals surface area (Å²) in [5.74, 6) is 0.960. The Morgan fingerprint density at radius 1 is 1.00 bits per heavy atom. The molecular formula is C14H32N4. The number of aliphatic imine (C=N–C) groups is 1. The van der Waals surface area contributed by atoms with Crippen molar-refractivity contribution in [1.82, 2.24) is 15.5 Å². The molecule has 108 valence electrons. The highest BCUT2D eigenvalue weighted by molar-refractivity contribution is 5.79. The highest BCUT2D eigenvalue weighted by Crippen LogP contribution is 1.93. The van der Waals surface area contributed by atoms with Crippen LogP contribution in [0.5, 0.6) is 0 Å². The molecule has 0 heterocycles. The summed E-state index contributed by atoms with van der Waals surface area (Å²) >= 11 is 0. The number of unbranched alkanes of at least 4 members (excludes halogenated alkanes) is 1. The maximum atomic E-state index is 4.48. The normalized spacial score (nSPS) is 11.9. The van der Waals surface area contributed by atoms with Crippen molar-refractivity contribution in [3.05, 3.63) is 0 Å². The largest absolute Gasteiger partial charge is 0.357 e. The predicted octanol–water partition coefficient (Wildman–Crippen LogP) is 2.07. The zero-order valence-corrected chi connectivity index (χ0v) is 12.8. The highest BCUT2D eigenvalue weighted by atomic mass is 15.2. The molecule has 4 heteroatoms. The molecule has 0 atom stereocenters. The Kier molecular flexibility index (Phi) is 12.1. The van der Waals surface area contributed by atoms with Crippen molar-refractivity contribution < 1.29 is 0 Å². The first-order valence-corrected chi connectivity index (χ1v) is 7.52. The fraction of sp³-hybridized carbons (Fsp3) is 0.929. The molecule has 0 aliphatic carbocycles. The van der Waals surface area contributed by atoms with Gasteiger partial charge in [-0.25, -0.2) is 0 Å². The molecule has 0 aliphatic rings. The molecule has 18 heavy (non-hydrogen) atoms. The molecule has 0 fully saturated rings. The Hall–Kier alpha value is -0.770. The molecule has 0 saturated heterocycles. The van der Waals surface area contributed by atoms with Gasteiger partial charge in [0.15, 0.2) is 5.96 Å². The van der Waals surface area contributed by atoms with Crippen molar-refractivity contribution in [3.8, 4) is 0 Å². The predicted molar refractivity (Wildman–Crippen MR) is 81.3 cm³/mol. The topological polar surface area (TPSA) is 39.7 Å². The highest BCUT2D eigenvalue weighted by Gasteiger charge is 1.99. The lowest BCUT2D eigenvalue weighted by atomic mass is 10.3. The Balaban J connectivity index is 3.66. The van der Waals surface area contributed by atoms with E-state index in [9.17, 15) is 0 Å². The van der Waals surface area contributed by atoms with Crippen LogP contribution in [0.4, 0.5) is 0 Å². The zero-order chi connectivity index (χ0) is 13.6. The molecule has 0 bridgehead atoms. The van der Waals surface area contributed by atoms with Gasteiger partial charge >= 0.3 is 0 Å². The maximum Gasteiger partial charge on any atom is 0.191 e. The van der Waals surface area contributed by atoms with E-state index in [0.717, 1.165) is 45.1 Å². The molecular weight excluding hydrogens is 224 g/mol. The van der Waals surface area contributed by atoms with Gasteiger partial charge in [0.25, 0.3) is 0 Å². The lowest BCUT2D eigenvalue weighted by Crippen LogP contribution is -2.38. The Labute approximate surface area is 113 Å². The molecule has 0 amide bonds. The summed E-state index contributed by atoms with van der Waals surface area (Å²) in [5, 5.41) is 6.65. The van der Waals surface area contributed by atoms with E-state index in [-0.39, 0.29) is 0 Å². The van der Waals surface area contributed by atoms with Crippen LogP contribution in [-0.4, -0.2) is 50.1 Å². The van der Waals surface area contributed by atoms with Crippen molar-refractivity contribution in [3.63, 3.8) is 0 Å². The fourth-order valence-corrected chi connectivity index (χ4v) is 1.77. The average Bonchev–Trinajstić information content (AvgIpc) is 2.40. The van der Waals surface area contributed by atoms with E-state index < -0.39 is 0 Å². The first-order chi connectivity index (χ1) is 8.78. The zero-order valence-electron chi connectivity index (χ0n) is 12.8. The quantitative estimate of drug-likeness (QED) is 0.357. The number of hydrogen-bond acceptors (Lipinski definition) is 2. The van der Waals surface area contributed by atoms with Crippen LogP contribution in [0, 0.1) is 0 Å². The third-order valence-electron chi connectivity index (χ3n) is 2.93. The van der Waals surface area contributed by atoms with Crippen LogP contribution in [-0.2, 0) is 0 Å². The van der Waals surface area contributed by atoms with Crippen molar-refractivity contribution in [2.24, 2.45) is 4.99 Å². The molecule has 0 aromatic carbocycles. The van der Waals surface area contributed by atoms with Gasteiger partial charge in [0, 0.05) is 19.6 Å². The van der Waals surface area contributed by atoms with Gasteiger partial charge in [-0.3, -0.25) is 4.99 Å². The molecule has 0 aromatic rings. The Morgan fingerprint density at radius 2 is 1.72 bits per heavy atom. The summed E-state index contributed by atoms with van der Waals surface area (Å²) in [6.07, 6.45) is 3.55. The van der Waals surface area contributed by atoms with Gasteiger partial charge in [-0.1, -0.05) is 20.8 Å². The van der Waals surface area contributed by atoms with Crippen LogP contribution in [0.1, 0.15) is 47.0 Å². The number of rotatable bonds is 10. The standard InChI is InChI=1S/C14H32N4/c1-5-11-16-14(15-6-2)17-12-9-10-13-18(7-3)8-4/h5-13H2,1-4H3,(H2,15,16,17). The SMILES string of the molecule is CCCN=C(NCC)NCCCCN(CC)CC. The Bertz CT molecular complexity index is 200. The lowest BCUT2D eigenvalue weighted by molar-refractivity contribution is 0.297. The second-order valence-corrected chi connectivity index (χ2v) is 4.42. The minimum atomic E-state index is 0.898. The molecule has 2 N–H and O–H groups in total. The van der Waals surface area contributed by atoms with Gasteiger partial charge in [0.1, 0.15) is 0 Å². The molecule has 0 aromatic heterocycles. The lowest BCUT2D eigenvalue weighted by Gasteiger charge is -2.17. The van der Waals surface area contributed by atoms with Gasteiger partial charge in [-0.05, 0) is 45.8 Å². The monoisotopic (exact) mass is 256 g/mol. The number of nitrogens with one attached hydrogen (secondary N) is 2.